The van der Waals surface area contributed by atoms with Crippen molar-refractivity contribution in [3.05, 3.63) is 121 Å². The molecule has 5 heteroatoms. The fourth-order valence-corrected chi connectivity index (χ4v) is 10.2. The Morgan fingerprint density at radius 3 is 1.55 bits per heavy atom. The number of hydrogen-bond acceptors (Lipinski definition) is 3. The second kappa shape index (κ2) is 14.0. The van der Waals surface area contributed by atoms with Crippen LogP contribution in [0.25, 0.3) is 0 Å². The molecule has 0 fully saturated rings. The number of unbranched alkanes of at least 4 members (excludes halogenated alkanes) is 4. The quantitative estimate of drug-likeness (QED) is 0.0710. The van der Waals surface area contributed by atoms with Crippen molar-refractivity contribution in [2.75, 3.05) is 6.16 Å². The predicted octanol–water partition coefficient (Wildman–Crippen LogP) is 6.29. The van der Waals surface area contributed by atoms with Crippen LogP contribution in [0.5, 0.6) is 5.75 Å². The van der Waals surface area contributed by atoms with Gasteiger partial charge in [0.2, 0.25) is 0 Å². The maximum absolute atomic E-state index is 12.3. The first-order valence-electron chi connectivity index (χ1n) is 13.4. The van der Waals surface area contributed by atoms with Crippen LogP contribution in [0.1, 0.15) is 44.1 Å². The second-order valence-electron chi connectivity index (χ2n) is 9.63. The van der Waals surface area contributed by atoms with E-state index >= 15 is 0 Å². The second-order valence-corrected chi connectivity index (χ2v) is 14.1. The van der Waals surface area contributed by atoms with Gasteiger partial charge in [0, 0.05) is 5.56 Å². The molecule has 0 heterocycles. The molecule has 0 radical (unpaired) electrons. The summed E-state index contributed by atoms with van der Waals surface area (Å²) in [6, 6.07) is 40.2. The number of carbonyl (C=O) groups is 1. The van der Waals surface area contributed by atoms with E-state index in [4.69, 9.17) is 22.7 Å². The fourth-order valence-electron chi connectivity index (χ4n) is 5.16. The number of nitrogens with two attached hydrogens (primary N) is 1. The molecule has 3 nitrogen and oxygen atoms in total. The average molecular weight is 542 g/mol. The molecular weight excluding hydrogens is 505 g/mol. The van der Waals surface area contributed by atoms with Gasteiger partial charge in [0.05, 0.1) is 0 Å². The average Bonchev–Trinajstić information content (AvgIpc) is 2.96. The van der Waals surface area contributed by atoms with E-state index in [1.54, 1.807) is 24.3 Å². The van der Waals surface area contributed by atoms with Gasteiger partial charge in [0.15, 0.2) is 0 Å². The summed E-state index contributed by atoms with van der Waals surface area (Å²) in [5.41, 5.74) is 6.38. The third kappa shape index (κ3) is 7.16. The van der Waals surface area contributed by atoms with Crippen molar-refractivity contribution in [1.29, 1.82) is 0 Å². The molecule has 4 rings (SSSR count). The molecular formula is C33H36NO2PS. The first-order chi connectivity index (χ1) is 18.6. The van der Waals surface area contributed by atoms with Crippen LogP contribution in [-0.4, -0.2) is 17.1 Å². The van der Waals surface area contributed by atoms with Gasteiger partial charge in [0.1, 0.15) is 4.99 Å². The van der Waals surface area contributed by atoms with Crippen molar-refractivity contribution in [3.63, 3.8) is 0 Å². The van der Waals surface area contributed by atoms with Gasteiger partial charge in [-0.3, -0.25) is 0 Å². The number of thiocarbonyl (C=S) groups is 1. The van der Waals surface area contributed by atoms with E-state index < -0.39 is 7.26 Å². The minimum absolute atomic E-state index is 0.197. The topological polar surface area (TPSA) is 52.3 Å². The van der Waals surface area contributed by atoms with Gasteiger partial charge < -0.3 is 5.73 Å². The molecule has 0 saturated carbocycles. The first-order valence-corrected chi connectivity index (χ1v) is 16.0. The molecule has 0 atom stereocenters. The molecule has 0 spiro atoms. The van der Waals surface area contributed by atoms with E-state index in [1.807, 2.05) is 0 Å². The molecule has 0 amide bonds. The summed E-state index contributed by atoms with van der Waals surface area (Å²) in [5.74, 6) is 0.329. The minimum atomic E-state index is -2.15. The van der Waals surface area contributed by atoms with Crippen LogP contribution in [-0.2, 0) is 4.79 Å². The van der Waals surface area contributed by atoms with E-state index in [2.05, 4.69) is 91.0 Å². The molecule has 0 aliphatic carbocycles. The normalized spacial score (nSPS) is 11.6. The number of hydrogen-bond donors (Lipinski definition) is 1. The SMILES string of the molecule is NC(=S)c1ccc(OC(=O)CCCCCCC[PH](c2ccccc2)(c2ccccc2)c2ccccc2)cc1. The zero-order chi connectivity index (χ0) is 26.6. The van der Waals surface area contributed by atoms with Crippen molar-refractivity contribution in [2.24, 2.45) is 5.73 Å². The molecule has 0 unspecified atom stereocenters. The van der Waals surface area contributed by atoms with Gasteiger partial charge in [0.25, 0.3) is 0 Å². The van der Waals surface area contributed by atoms with E-state index in [-0.39, 0.29) is 5.97 Å². The van der Waals surface area contributed by atoms with Gasteiger partial charge in [-0.15, -0.1) is 0 Å². The molecule has 38 heavy (non-hydrogen) atoms. The van der Waals surface area contributed by atoms with Crippen molar-refractivity contribution < 1.29 is 9.53 Å². The summed E-state index contributed by atoms with van der Waals surface area (Å²) >= 11 is 4.96. The molecule has 2 N–H and O–H groups in total. The van der Waals surface area contributed by atoms with E-state index in [1.165, 1.54) is 15.9 Å². The number of ether oxygens (including phenoxy) is 1. The Morgan fingerprint density at radius 2 is 1.08 bits per heavy atom. The Balaban J connectivity index is 1.32. The summed E-state index contributed by atoms with van der Waals surface area (Å²) in [6.07, 6.45) is 6.86. The Bertz CT molecular complexity index is 1200. The molecule has 0 aliphatic heterocycles. The summed E-state index contributed by atoms with van der Waals surface area (Å²) in [7, 11) is -2.15. The number of rotatable bonds is 13. The van der Waals surface area contributed by atoms with E-state index in [0.29, 0.717) is 17.2 Å². The molecule has 0 aliphatic rings. The summed E-state index contributed by atoms with van der Waals surface area (Å²) in [5, 5.41) is 4.38. The van der Waals surface area contributed by atoms with Crippen molar-refractivity contribution in [1.82, 2.24) is 0 Å². The van der Waals surface area contributed by atoms with Crippen LogP contribution in [0, 0.1) is 0 Å². The van der Waals surface area contributed by atoms with Crippen LogP contribution in [0.2, 0.25) is 0 Å². The van der Waals surface area contributed by atoms with Crippen molar-refractivity contribution in [2.45, 2.75) is 38.5 Å². The molecule has 0 saturated heterocycles. The Kier molecular flexibility index (Phi) is 10.2. The summed E-state index contributed by atoms with van der Waals surface area (Å²) in [4.78, 5) is 12.6. The summed E-state index contributed by atoms with van der Waals surface area (Å²) < 4.78 is 5.45. The van der Waals surface area contributed by atoms with Gasteiger partial charge >= 0.3 is 204 Å². The number of esters is 1. The number of carbonyl (C=O) groups excluding carboxylic acids is 1. The molecule has 196 valence electrons. The summed E-state index contributed by atoms with van der Waals surface area (Å²) in [6.45, 7) is 0. The molecule has 0 bridgehead atoms. The van der Waals surface area contributed by atoms with Gasteiger partial charge in [-0.1, -0.05) is 12.2 Å². The zero-order valence-corrected chi connectivity index (χ0v) is 23.5. The molecule has 0 aromatic heterocycles. The number of benzene rings is 4. The van der Waals surface area contributed by atoms with Gasteiger partial charge in [-0.05, 0) is 0 Å². The van der Waals surface area contributed by atoms with Crippen molar-refractivity contribution >= 4 is 46.4 Å². The van der Waals surface area contributed by atoms with Crippen LogP contribution in [0.15, 0.2) is 115 Å². The Morgan fingerprint density at radius 1 is 0.632 bits per heavy atom. The Hall–Kier alpha value is -3.33. The molecule has 4 aromatic carbocycles. The molecule has 4 aromatic rings. The maximum atomic E-state index is 12.3. The zero-order valence-electron chi connectivity index (χ0n) is 21.7. The van der Waals surface area contributed by atoms with Crippen LogP contribution >= 0.6 is 19.5 Å². The van der Waals surface area contributed by atoms with E-state index in [9.17, 15) is 4.79 Å². The predicted molar refractivity (Wildman–Crippen MR) is 167 cm³/mol. The van der Waals surface area contributed by atoms with Crippen LogP contribution < -0.4 is 26.4 Å². The van der Waals surface area contributed by atoms with Gasteiger partial charge in [-0.2, -0.15) is 0 Å². The van der Waals surface area contributed by atoms with Gasteiger partial charge in [-0.25, -0.2) is 0 Å². The monoisotopic (exact) mass is 541 g/mol. The fraction of sp³-hybridized carbons (Fsp3) is 0.212. The Labute approximate surface area is 232 Å². The third-order valence-corrected chi connectivity index (χ3v) is 12.4. The first kappa shape index (κ1) is 27.7. The van der Waals surface area contributed by atoms with Crippen LogP contribution in [0.3, 0.4) is 0 Å². The standard InChI is InChI=1S/C33H36NO2PS/c34-33(38)27-22-24-28(25-23-27)36-32(35)21-13-2-1-3-14-26-37(29-15-7-4-8-16-29,30-17-9-5-10-18-30)31-19-11-6-12-20-31/h4-12,15-20,22-25,37H,1-3,13-14,21,26H2,(H2,34,38). The van der Waals surface area contributed by atoms with Crippen molar-refractivity contribution in [3.8, 4) is 5.75 Å². The third-order valence-electron chi connectivity index (χ3n) is 7.10. The van der Waals surface area contributed by atoms with E-state index in [0.717, 1.165) is 43.8 Å². The van der Waals surface area contributed by atoms with Crippen LogP contribution in [0.4, 0.5) is 0 Å².